The van der Waals surface area contributed by atoms with Crippen molar-refractivity contribution < 1.29 is 14.1 Å². The van der Waals surface area contributed by atoms with E-state index in [9.17, 15) is 10.1 Å². The number of fused-ring (bicyclic) bond motifs is 1. The fourth-order valence-corrected chi connectivity index (χ4v) is 2.33. The number of furan rings is 1. The first-order valence-electron chi connectivity index (χ1n) is 6.60. The minimum absolute atomic E-state index is 0.246. The van der Waals surface area contributed by atoms with Gasteiger partial charge < -0.3 is 9.15 Å². The zero-order valence-corrected chi connectivity index (χ0v) is 11.4. The summed E-state index contributed by atoms with van der Waals surface area (Å²) in [7, 11) is 0. The molecule has 0 bridgehead atoms. The average molecular weight is 283 g/mol. The zero-order chi connectivity index (χ0) is 14.8. The van der Waals surface area contributed by atoms with Crippen molar-refractivity contribution in [1.29, 1.82) is 0 Å². The molecule has 0 radical (unpaired) electrons. The maximum atomic E-state index is 11.3. The lowest BCUT2D eigenvalue weighted by Crippen LogP contribution is -1.90. The Morgan fingerprint density at radius 1 is 1.19 bits per heavy atom. The standard InChI is InChI=1S/C16H13NO4/c1-2-20-12-8-9-13-14(10-12)21-16(17(18)19)15(13)11-6-4-3-5-7-11/h3-10H,2H2,1H3. The van der Waals surface area contributed by atoms with Crippen molar-refractivity contribution in [2.75, 3.05) is 6.61 Å². The van der Waals surface area contributed by atoms with Crippen molar-refractivity contribution in [3.8, 4) is 16.9 Å². The maximum absolute atomic E-state index is 11.3. The molecule has 0 aliphatic heterocycles. The highest BCUT2D eigenvalue weighted by molar-refractivity contribution is 5.99. The van der Waals surface area contributed by atoms with E-state index in [1.54, 1.807) is 18.2 Å². The van der Waals surface area contributed by atoms with Gasteiger partial charge in [0.1, 0.15) is 21.8 Å². The summed E-state index contributed by atoms with van der Waals surface area (Å²) in [5, 5.41) is 12.0. The second-order valence-electron chi connectivity index (χ2n) is 4.50. The molecule has 0 N–H and O–H groups in total. The van der Waals surface area contributed by atoms with Gasteiger partial charge in [0.05, 0.1) is 6.61 Å². The number of ether oxygens (including phenoxy) is 1. The highest BCUT2D eigenvalue weighted by Crippen LogP contribution is 2.40. The Bertz CT molecular complexity index is 793. The quantitative estimate of drug-likeness (QED) is 0.525. The Balaban J connectivity index is 2.26. The van der Waals surface area contributed by atoms with E-state index in [2.05, 4.69) is 0 Å². The van der Waals surface area contributed by atoms with Gasteiger partial charge in [-0.25, -0.2) is 0 Å². The Labute approximate surface area is 120 Å². The first-order chi connectivity index (χ1) is 10.2. The lowest BCUT2D eigenvalue weighted by molar-refractivity contribution is -0.400. The molecule has 0 spiro atoms. The molecule has 1 heterocycles. The highest BCUT2D eigenvalue weighted by Gasteiger charge is 2.25. The molecule has 0 amide bonds. The van der Waals surface area contributed by atoms with Crippen molar-refractivity contribution in [3.63, 3.8) is 0 Å². The maximum Gasteiger partial charge on any atom is 0.442 e. The van der Waals surface area contributed by atoms with Crippen LogP contribution in [0.15, 0.2) is 52.9 Å². The van der Waals surface area contributed by atoms with Crippen molar-refractivity contribution in [2.24, 2.45) is 0 Å². The monoisotopic (exact) mass is 283 g/mol. The summed E-state index contributed by atoms with van der Waals surface area (Å²) in [6, 6.07) is 14.5. The molecule has 2 aromatic carbocycles. The molecule has 0 unspecified atom stereocenters. The van der Waals surface area contributed by atoms with Gasteiger partial charge in [0, 0.05) is 11.5 Å². The SMILES string of the molecule is CCOc1ccc2c(-c3ccccc3)c([N+](=O)[O-])oc2c1. The Morgan fingerprint density at radius 3 is 2.62 bits per heavy atom. The van der Waals surface area contributed by atoms with Gasteiger partial charge >= 0.3 is 5.88 Å². The minimum Gasteiger partial charge on any atom is -0.494 e. The third-order valence-electron chi connectivity index (χ3n) is 3.18. The van der Waals surface area contributed by atoms with Crippen LogP contribution in [0, 0.1) is 10.1 Å². The lowest BCUT2D eigenvalue weighted by Gasteiger charge is -2.01. The largest absolute Gasteiger partial charge is 0.494 e. The summed E-state index contributed by atoms with van der Waals surface area (Å²) in [6.07, 6.45) is 0. The molecule has 0 aliphatic rings. The molecule has 1 aromatic heterocycles. The summed E-state index contributed by atoms with van der Waals surface area (Å²) in [6.45, 7) is 2.41. The Hall–Kier alpha value is -2.82. The van der Waals surface area contributed by atoms with E-state index in [1.165, 1.54) is 0 Å². The lowest BCUT2D eigenvalue weighted by atomic mass is 10.0. The summed E-state index contributed by atoms with van der Waals surface area (Å²) in [5.74, 6) is 0.387. The second-order valence-corrected chi connectivity index (χ2v) is 4.50. The molecule has 3 aromatic rings. The van der Waals surface area contributed by atoms with E-state index in [4.69, 9.17) is 9.15 Å². The van der Waals surface area contributed by atoms with Crippen LogP contribution >= 0.6 is 0 Å². The van der Waals surface area contributed by atoms with Crippen molar-refractivity contribution in [3.05, 3.63) is 58.6 Å². The molecular weight excluding hydrogens is 270 g/mol. The molecule has 106 valence electrons. The van der Waals surface area contributed by atoms with Crippen molar-refractivity contribution >= 4 is 16.9 Å². The van der Waals surface area contributed by atoms with Crippen LogP contribution in [0.25, 0.3) is 22.1 Å². The second kappa shape index (κ2) is 5.28. The zero-order valence-electron chi connectivity index (χ0n) is 11.4. The van der Waals surface area contributed by atoms with E-state index in [0.29, 0.717) is 28.9 Å². The average Bonchev–Trinajstić information content (AvgIpc) is 2.87. The van der Waals surface area contributed by atoms with E-state index < -0.39 is 4.92 Å². The molecule has 0 aliphatic carbocycles. The summed E-state index contributed by atoms with van der Waals surface area (Å²) >= 11 is 0. The normalized spacial score (nSPS) is 10.7. The first kappa shape index (κ1) is 13.2. The number of rotatable bonds is 4. The molecule has 21 heavy (non-hydrogen) atoms. The Kier molecular flexibility index (Phi) is 3.31. The smallest absolute Gasteiger partial charge is 0.442 e. The van der Waals surface area contributed by atoms with Crippen LogP contribution in [0.5, 0.6) is 5.75 Å². The first-order valence-corrected chi connectivity index (χ1v) is 6.60. The van der Waals surface area contributed by atoms with Crippen LogP contribution in [-0.4, -0.2) is 11.5 Å². The number of nitrogens with zero attached hydrogens (tertiary/aromatic N) is 1. The fraction of sp³-hybridized carbons (Fsp3) is 0.125. The number of nitro groups is 1. The van der Waals surface area contributed by atoms with Gasteiger partial charge in [-0.1, -0.05) is 30.3 Å². The molecule has 0 saturated carbocycles. The van der Waals surface area contributed by atoms with E-state index in [0.717, 1.165) is 5.56 Å². The summed E-state index contributed by atoms with van der Waals surface area (Å²) in [5.41, 5.74) is 1.71. The molecular formula is C16H13NO4. The molecule has 0 atom stereocenters. The van der Waals surface area contributed by atoms with Crippen molar-refractivity contribution in [1.82, 2.24) is 0 Å². The predicted octanol–water partition coefficient (Wildman–Crippen LogP) is 4.41. The van der Waals surface area contributed by atoms with Gasteiger partial charge in [-0.15, -0.1) is 0 Å². The van der Waals surface area contributed by atoms with Crippen LogP contribution in [0.3, 0.4) is 0 Å². The van der Waals surface area contributed by atoms with Gasteiger partial charge in [-0.05, 0) is 24.6 Å². The van der Waals surface area contributed by atoms with Crippen LogP contribution in [0.4, 0.5) is 5.88 Å². The van der Waals surface area contributed by atoms with Gasteiger partial charge in [0.15, 0.2) is 0 Å². The number of benzene rings is 2. The molecule has 0 saturated heterocycles. The Morgan fingerprint density at radius 2 is 1.95 bits per heavy atom. The van der Waals surface area contributed by atoms with Crippen LogP contribution in [0.2, 0.25) is 0 Å². The highest BCUT2D eigenvalue weighted by atomic mass is 16.6. The van der Waals surface area contributed by atoms with Crippen molar-refractivity contribution in [2.45, 2.75) is 6.92 Å². The predicted molar refractivity (Wildman–Crippen MR) is 79.5 cm³/mol. The van der Waals surface area contributed by atoms with Gasteiger partial charge in [0.2, 0.25) is 0 Å². The van der Waals surface area contributed by atoms with Gasteiger partial charge in [-0.3, -0.25) is 10.1 Å². The topological polar surface area (TPSA) is 65.5 Å². The van der Waals surface area contributed by atoms with E-state index in [1.807, 2.05) is 37.3 Å². The number of hydrogen-bond acceptors (Lipinski definition) is 4. The van der Waals surface area contributed by atoms with Crippen LogP contribution < -0.4 is 4.74 Å². The minimum atomic E-state index is -0.497. The van der Waals surface area contributed by atoms with Gasteiger partial charge in [-0.2, -0.15) is 0 Å². The molecule has 3 rings (SSSR count). The summed E-state index contributed by atoms with van der Waals surface area (Å²) in [4.78, 5) is 10.8. The van der Waals surface area contributed by atoms with Gasteiger partial charge in [0.25, 0.3) is 0 Å². The molecule has 0 fully saturated rings. The fourth-order valence-electron chi connectivity index (χ4n) is 2.33. The van der Waals surface area contributed by atoms with Crippen LogP contribution in [-0.2, 0) is 0 Å². The summed E-state index contributed by atoms with van der Waals surface area (Å²) < 4.78 is 10.8. The van der Waals surface area contributed by atoms with E-state index >= 15 is 0 Å². The van der Waals surface area contributed by atoms with Crippen LogP contribution in [0.1, 0.15) is 6.92 Å². The third-order valence-corrected chi connectivity index (χ3v) is 3.18. The molecule has 5 heteroatoms. The third kappa shape index (κ3) is 2.33. The number of hydrogen-bond donors (Lipinski definition) is 0. The van der Waals surface area contributed by atoms with E-state index in [-0.39, 0.29) is 5.88 Å². The molecule has 5 nitrogen and oxygen atoms in total.